The molecule has 0 aliphatic heterocycles. The minimum atomic E-state index is -0.697. The summed E-state index contributed by atoms with van der Waals surface area (Å²) in [4.78, 5) is 58.6. The van der Waals surface area contributed by atoms with E-state index in [4.69, 9.17) is 9.97 Å². The summed E-state index contributed by atoms with van der Waals surface area (Å²) in [5, 5.41) is 0. The SMILES string of the molecule is CCN(CC)C(C)(C)C(=O)c1ccc(CC2(Cc3ccc(C(=O)C(C)(C)N(CC)CC)cn3)c3ccccc3-c3ccc(C(=O)C(C)(C)N(CC)CC)cc32)nc1. The van der Waals surface area contributed by atoms with Crippen LogP contribution in [0.4, 0.5) is 0 Å². The van der Waals surface area contributed by atoms with Gasteiger partial charge in [-0.05, 0) is 133 Å². The fraction of sp³-hybridized carbons (Fsp3) is 0.490. The number of hydrogen-bond acceptors (Lipinski definition) is 8. The maximum atomic E-state index is 14.4. The van der Waals surface area contributed by atoms with E-state index in [-0.39, 0.29) is 17.3 Å². The van der Waals surface area contributed by atoms with E-state index in [1.807, 2.05) is 71.9 Å². The molecule has 0 atom stereocenters. The minimum absolute atomic E-state index is 0.0403. The lowest BCUT2D eigenvalue weighted by atomic mass is 9.70. The molecule has 0 amide bonds. The monoisotopic (exact) mass is 772 g/mol. The van der Waals surface area contributed by atoms with Crippen LogP contribution in [-0.4, -0.2) is 97.9 Å². The molecule has 57 heavy (non-hydrogen) atoms. The van der Waals surface area contributed by atoms with Crippen molar-refractivity contribution in [3.8, 4) is 11.1 Å². The Morgan fingerprint density at radius 1 is 0.491 bits per heavy atom. The third-order valence-corrected chi connectivity index (χ3v) is 13.0. The van der Waals surface area contributed by atoms with Crippen molar-refractivity contribution in [2.24, 2.45) is 0 Å². The predicted octanol–water partition coefficient (Wildman–Crippen LogP) is 9.14. The first kappa shape index (κ1) is 43.7. The van der Waals surface area contributed by atoms with Gasteiger partial charge in [0.05, 0.1) is 16.6 Å². The molecule has 0 saturated carbocycles. The Hall–Kier alpha value is -4.37. The Bertz CT molecular complexity index is 1970. The number of carbonyl (C=O) groups is 3. The third-order valence-electron chi connectivity index (χ3n) is 13.0. The van der Waals surface area contributed by atoms with E-state index < -0.39 is 22.0 Å². The second kappa shape index (κ2) is 17.2. The molecule has 0 unspecified atom stereocenters. The van der Waals surface area contributed by atoms with Gasteiger partial charge in [0.1, 0.15) is 0 Å². The van der Waals surface area contributed by atoms with Gasteiger partial charge in [-0.1, -0.05) is 77.9 Å². The van der Waals surface area contributed by atoms with Crippen LogP contribution in [0.1, 0.15) is 137 Å². The number of nitrogens with zero attached hydrogens (tertiary/aromatic N) is 5. The standard InChI is InChI=1S/C49H65N5O3/c1-13-52(14-2)46(7,8)43(55)34-25-28-40-39-21-19-20-22-41(39)49(42(40)29-34,30-37-26-23-35(32-50-37)44(56)47(9,10)53(15-3)16-4)31-38-27-24-36(33-51-38)45(57)48(11,12)54(17-5)18-6/h19-29,32-33H,13-18,30-31H2,1-12H3. The van der Waals surface area contributed by atoms with Crippen molar-refractivity contribution in [2.75, 3.05) is 39.3 Å². The minimum Gasteiger partial charge on any atom is -0.292 e. The van der Waals surface area contributed by atoms with Gasteiger partial charge in [-0.2, -0.15) is 0 Å². The lowest BCUT2D eigenvalue weighted by molar-refractivity contribution is 0.0664. The molecule has 2 heterocycles. The maximum Gasteiger partial charge on any atom is 0.184 e. The fourth-order valence-corrected chi connectivity index (χ4v) is 9.52. The van der Waals surface area contributed by atoms with Gasteiger partial charge in [0.2, 0.25) is 0 Å². The number of benzene rings is 2. The van der Waals surface area contributed by atoms with Gasteiger partial charge in [0, 0.05) is 58.7 Å². The molecule has 0 saturated heterocycles. The summed E-state index contributed by atoms with van der Waals surface area (Å²) in [6.07, 6.45) is 4.47. The number of aromatic nitrogens is 2. The molecule has 0 fully saturated rings. The second-order valence-corrected chi connectivity index (χ2v) is 17.0. The molecule has 2 aromatic heterocycles. The maximum absolute atomic E-state index is 14.4. The van der Waals surface area contributed by atoms with Crippen LogP contribution >= 0.6 is 0 Å². The molecule has 0 N–H and O–H groups in total. The van der Waals surface area contributed by atoms with Crippen molar-refractivity contribution in [1.29, 1.82) is 0 Å². The van der Waals surface area contributed by atoms with Gasteiger partial charge < -0.3 is 0 Å². The normalized spacial score (nSPS) is 13.9. The van der Waals surface area contributed by atoms with Crippen molar-refractivity contribution in [2.45, 2.75) is 118 Å². The molecule has 1 aliphatic rings. The topological polar surface area (TPSA) is 86.7 Å². The molecule has 1 aliphatic carbocycles. The summed E-state index contributed by atoms with van der Waals surface area (Å²) in [5.41, 5.74) is 5.22. The lowest BCUT2D eigenvalue weighted by Crippen LogP contribution is -2.50. The molecule has 0 spiro atoms. The van der Waals surface area contributed by atoms with Crippen LogP contribution < -0.4 is 0 Å². The quantitative estimate of drug-likeness (QED) is 0.0874. The smallest absolute Gasteiger partial charge is 0.184 e. The Morgan fingerprint density at radius 3 is 1.25 bits per heavy atom. The highest BCUT2D eigenvalue weighted by Crippen LogP contribution is 2.52. The number of Topliss-reactive ketones (excluding diaryl/α,β-unsaturated/α-hetero) is 3. The Balaban J connectivity index is 1.65. The van der Waals surface area contributed by atoms with E-state index >= 15 is 0 Å². The van der Waals surface area contributed by atoms with Crippen molar-refractivity contribution < 1.29 is 14.4 Å². The van der Waals surface area contributed by atoms with Crippen LogP contribution in [0.15, 0.2) is 79.1 Å². The van der Waals surface area contributed by atoms with Crippen molar-refractivity contribution >= 4 is 17.3 Å². The fourth-order valence-electron chi connectivity index (χ4n) is 9.52. The van der Waals surface area contributed by atoms with Crippen LogP contribution in [0.5, 0.6) is 0 Å². The van der Waals surface area contributed by atoms with Gasteiger partial charge in [-0.15, -0.1) is 0 Å². The Kier molecular flexibility index (Phi) is 13.2. The second-order valence-electron chi connectivity index (χ2n) is 17.0. The average Bonchev–Trinajstić information content (AvgIpc) is 3.46. The Labute approximate surface area is 342 Å². The summed E-state index contributed by atoms with van der Waals surface area (Å²) >= 11 is 0. The zero-order valence-corrected chi connectivity index (χ0v) is 36.6. The first-order valence-electron chi connectivity index (χ1n) is 21.0. The molecule has 2 aromatic carbocycles. The van der Waals surface area contributed by atoms with Crippen molar-refractivity contribution in [3.05, 3.63) is 118 Å². The van der Waals surface area contributed by atoms with Gasteiger partial charge in [0.25, 0.3) is 0 Å². The van der Waals surface area contributed by atoms with Gasteiger partial charge in [0.15, 0.2) is 17.3 Å². The zero-order valence-electron chi connectivity index (χ0n) is 36.6. The van der Waals surface area contributed by atoms with E-state index in [0.29, 0.717) is 29.5 Å². The summed E-state index contributed by atoms with van der Waals surface area (Å²) in [5.74, 6) is 0.157. The molecule has 8 nitrogen and oxygen atoms in total. The van der Waals surface area contributed by atoms with Crippen LogP contribution in [0.25, 0.3) is 11.1 Å². The molecule has 5 rings (SSSR count). The number of likely N-dealkylation sites (N-methyl/N-ethyl adjacent to an activating group) is 3. The highest BCUT2D eigenvalue weighted by Gasteiger charge is 2.45. The molecule has 8 heteroatoms. The molecule has 0 radical (unpaired) electrons. The molecular weight excluding hydrogens is 707 g/mol. The molecular formula is C49H65N5O3. The highest BCUT2D eigenvalue weighted by atomic mass is 16.1. The summed E-state index contributed by atoms with van der Waals surface area (Å²) < 4.78 is 0. The number of fused-ring (bicyclic) bond motifs is 3. The summed E-state index contributed by atoms with van der Waals surface area (Å²) in [7, 11) is 0. The first-order chi connectivity index (χ1) is 27.0. The molecule has 304 valence electrons. The number of pyridine rings is 2. The van der Waals surface area contributed by atoms with Crippen LogP contribution in [-0.2, 0) is 18.3 Å². The summed E-state index contributed by atoms with van der Waals surface area (Å²) in [6.45, 7) is 29.1. The third kappa shape index (κ3) is 8.06. The lowest BCUT2D eigenvalue weighted by Gasteiger charge is -2.36. The van der Waals surface area contributed by atoms with Crippen molar-refractivity contribution in [1.82, 2.24) is 24.7 Å². The summed E-state index contributed by atoms with van der Waals surface area (Å²) in [6, 6.07) is 22.5. The van der Waals surface area contributed by atoms with Crippen LogP contribution in [0, 0.1) is 0 Å². The number of hydrogen-bond donors (Lipinski definition) is 0. The van der Waals surface area contributed by atoms with E-state index in [1.165, 1.54) is 0 Å². The van der Waals surface area contributed by atoms with Gasteiger partial charge in [-0.25, -0.2) is 0 Å². The van der Waals surface area contributed by atoms with Crippen LogP contribution in [0.2, 0.25) is 0 Å². The predicted molar refractivity (Wildman–Crippen MR) is 233 cm³/mol. The van der Waals surface area contributed by atoms with E-state index in [2.05, 4.69) is 92.6 Å². The largest absolute Gasteiger partial charge is 0.292 e. The zero-order chi connectivity index (χ0) is 41.9. The van der Waals surface area contributed by atoms with E-state index in [1.54, 1.807) is 12.4 Å². The van der Waals surface area contributed by atoms with Crippen LogP contribution in [0.3, 0.4) is 0 Å². The first-order valence-corrected chi connectivity index (χ1v) is 21.0. The average molecular weight is 772 g/mol. The van der Waals surface area contributed by atoms with E-state index in [9.17, 15) is 14.4 Å². The Morgan fingerprint density at radius 2 is 0.860 bits per heavy atom. The number of carbonyl (C=O) groups excluding carboxylic acids is 3. The molecule has 0 bridgehead atoms. The van der Waals surface area contributed by atoms with Crippen molar-refractivity contribution in [3.63, 3.8) is 0 Å². The van der Waals surface area contributed by atoms with Gasteiger partial charge >= 0.3 is 0 Å². The molecule has 4 aromatic rings. The number of rotatable bonds is 19. The highest BCUT2D eigenvalue weighted by molar-refractivity contribution is 6.04. The van der Waals surface area contributed by atoms with E-state index in [0.717, 1.165) is 72.9 Å². The van der Waals surface area contributed by atoms with Gasteiger partial charge in [-0.3, -0.25) is 39.1 Å². The number of ketones is 3.